The molecule has 3 rings (SSSR count). The Morgan fingerprint density at radius 2 is 1.96 bits per heavy atom. The zero-order chi connectivity index (χ0) is 17.1. The third kappa shape index (κ3) is 4.17. The highest BCUT2D eigenvalue weighted by Crippen LogP contribution is 2.24. The molecular formula is C18H22FN3OS. The van der Waals surface area contributed by atoms with Crippen molar-refractivity contribution in [2.75, 3.05) is 18.8 Å². The molecule has 0 spiro atoms. The lowest BCUT2D eigenvalue weighted by Crippen LogP contribution is -2.43. The van der Waals surface area contributed by atoms with Crippen LogP contribution in [0.5, 0.6) is 0 Å². The summed E-state index contributed by atoms with van der Waals surface area (Å²) in [5.74, 6) is 1.42. The van der Waals surface area contributed by atoms with E-state index in [4.69, 9.17) is 0 Å². The lowest BCUT2D eigenvalue weighted by atomic mass is 9.92. The van der Waals surface area contributed by atoms with Crippen molar-refractivity contribution in [1.29, 1.82) is 0 Å². The number of imidazole rings is 1. The first-order valence-corrected chi connectivity index (χ1v) is 9.21. The van der Waals surface area contributed by atoms with Crippen molar-refractivity contribution in [1.82, 2.24) is 14.9 Å². The molecule has 1 amide bonds. The van der Waals surface area contributed by atoms with E-state index < -0.39 is 0 Å². The Hall–Kier alpha value is -1.82. The summed E-state index contributed by atoms with van der Waals surface area (Å²) >= 11 is 1.41. The number of benzene rings is 1. The number of hydrogen-bond donors (Lipinski definition) is 1. The first kappa shape index (κ1) is 17.0. The second-order valence-electron chi connectivity index (χ2n) is 6.64. The van der Waals surface area contributed by atoms with E-state index in [-0.39, 0.29) is 11.7 Å². The smallest absolute Gasteiger partial charge is 0.233 e. The summed E-state index contributed by atoms with van der Waals surface area (Å²) in [4.78, 5) is 21.9. The molecule has 0 aliphatic carbocycles. The molecular weight excluding hydrogens is 325 g/mol. The van der Waals surface area contributed by atoms with Crippen molar-refractivity contribution in [2.45, 2.75) is 25.4 Å². The molecule has 0 saturated carbocycles. The molecule has 1 saturated heterocycles. The molecule has 2 aromatic rings. The third-order valence-electron chi connectivity index (χ3n) is 4.26. The van der Waals surface area contributed by atoms with Crippen molar-refractivity contribution in [3.8, 4) is 11.3 Å². The molecule has 24 heavy (non-hydrogen) atoms. The number of halogens is 1. The molecule has 1 aromatic carbocycles. The van der Waals surface area contributed by atoms with Crippen LogP contribution in [-0.4, -0.2) is 39.6 Å². The predicted molar refractivity (Wildman–Crippen MR) is 94.2 cm³/mol. The molecule has 2 unspecified atom stereocenters. The zero-order valence-corrected chi connectivity index (χ0v) is 14.8. The molecule has 1 aromatic heterocycles. The number of aromatic amines is 1. The van der Waals surface area contributed by atoms with Crippen LogP contribution in [0.4, 0.5) is 4.39 Å². The first-order chi connectivity index (χ1) is 11.5. The zero-order valence-electron chi connectivity index (χ0n) is 14.0. The van der Waals surface area contributed by atoms with Gasteiger partial charge in [0, 0.05) is 13.1 Å². The number of hydrogen-bond acceptors (Lipinski definition) is 3. The van der Waals surface area contributed by atoms with Gasteiger partial charge in [-0.3, -0.25) is 4.79 Å². The number of carbonyl (C=O) groups is 1. The fourth-order valence-corrected chi connectivity index (χ4v) is 3.99. The highest BCUT2D eigenvalue weighted by molar-refractivity contribution is 7.99. The van der Waals surface area contributed by atoms with Crippen LogP contribution in [0.1, 0.15) is 20.3 Å². The van der Waals surface area contributed by atoms with Crippen LogP contribution in [0.25, 0.3) is 11.3 Å². The number of likely N-dealkylation sites (tertiary alicyclic amines) is 1. The second kappa shape index (κ2) is 7.38. The maximum atomic E-state index is 13.0. The van der Waals surface area contributed by atoms with E-state index in [1.54, 1.807) is 18.3 Å². The fraction of sp³-hybridized carbons (Fsp3) is 0.444. The Morgan fingerprint density at radius 1 is 1.29 bits per heavy atom. The van der Waals surface area contributed by atoms with Gasteiger partial charge in [0.1, 0.15) is 5.82 Å². The highest BCUT2D eigenvalue weighted by Gasteiger charge is 2.25. The van der Waals surface area contributed by atoms with E-state index in [9.17, 15) is 9.18 Å². The average molecular weight is 347 g/mol. The van der Waals surface area contributed by atoms with Gasteiger partial charge in [0.25, 0.3) is 0 Å². The van der Waals surface area contributed by atoms with E-state index >= 15 is 0 Å². The maximum Gasteiger partial charge on any atom is 0.233 e. The topological polar surface area (TPSA) is 49.0 Å². The summed E-state index contributed by atoms with van der Waals surface area (Å²) in [7, 11) is 0. The van der Waals surface area contributed by atoms with Crippen molar-refractivity contribution in [3.63, 3.8) is 0 Å². The molecule has 2 atom stereocenters. The van der Waals surface area contributed by atoms with Crippen molar-refractivity contribution in [2.24, 2.45) is 11.8 Å². The summed E-state index contributed by atoms with van der Waals surface area (Å²) in [6.45, 7) is 6.10. The molecule has 1 aliphatic heterocycles. The third-order valence-corrected chi connectivity index (χ3v) is 5.13. The standard InChI is InChI=1S/C18H22FN3OS/c1-12-7-13(2)10-22(9-12)17(23)11-24-18-20-8-16(21-18)14-3-5-15(19)6-4-14/h3-6,8,12-13H,7,9-11H2,1-2H3,(H,20,21). The first-order valence-electron chi connectivity index (χ1n) is 8.23. The van der Waals surface area contributed by atoms with Crippen LogP contribution in [0.15, 0.2) is 35.6 Å². The quantitative estimate of drug-likeness (QED) is 0.856. The number of rotatable bonds is 4. The lowest BCUT2D eigenvalue weighted by molar-refractivity contribution is -0.130. The number of carbonyl (C=O) groups excluding carboxylic acids is 1. The van der Waals surface area contributed by atoms with Crippen LogP contribution in [-0.2, 0) is 4.79 Å². The van der Waals surface area contributed by atoms with Gasteiger partial charge in [-0.05, 0) is 48.1 Å². The Bertz CT molecular complexity index is 691. The molecule has 1 fully saturated rings. The van der Waals surface area contributed by atoms with E-state index in [0.29, 0.717) is 22.7 Å². The SMILES string of the molecule is CC1CC(C)CN(C(=O)CSc2ncc(-c3ccc(F)cc3)[nH]2)C1. The van der Waals surface area contributed by atoms with Gasteiger partial charge >= 0.3 is 0 Å². The van der Waals surface area contributed by atoms with Gasteiger partial charge in [-0.2, -0.15) is 0 Å². The van der Waals surface area contributed by atoms with Crippen molar-refractivity contribution < 1.29 is 9.18 Å². The van der Waals surface area contributed by atoms with Gasteiger partial charge in [0.15, 0.2) is 5.16 Å². The van der Waals surface area contributed by atoms with Crippen molar-refractivity contribution >= 4 is 17.7 Å². The molecule has 128 valence electrons. The number of amides is 1. The highest BCUT2D eigenvalue weighted by atomic mass is 32.2. The lowest BCUT2D eigenvalue weighted by Gasteiger charge is -2.34. The monoisotopic (exact) mass is 347 g/mol. The largest absolute Gasteiger partial charge is 0.341 e. The molecule has 2 heterocycles. The summed E-state index contributed by atoms with van der Waals surface area (Å²) < 4.78 is 13.0. The summed E-state index contributed by atoms with van der Waals surface area (Å²) in [6.07, 6.45) is 2.90. The summed E-state index contributed by atoms with van der Waals surface area (Å²) in [5.41, 5.74) is 1.70. The summed E-state index contributed by atoms with van der Waals surface area (Å²) in [5, 5.41) is 0.709. The molecule has 1 aliphatic rings. The van der Waals surface area contributed by atoms with Gasteiger partial charge in [0.05, 0.1) is 17.6 Å². The molecule has 1 N–H and O–H groups in total. The van der Waals surface area contributed by atoms with Crippen LogP contribution in [0.2, 0.25) is 0 Å². The Morgan fingerprint density at radius 3 is 2.62 bits per heavy atom. The van der Waals surface area contributed by atoms with E-state index in [2.05, 4.69) is 23.8 Å². The van der Waals surface area contributed by atoms with Gasteiger partial charge in [-0.15, -0.1) is 0 Å². The number of piperidine rings is 1. The normalized spacial score (nSPS) is 21.0. The van der Waals surface area contributed by atoms with Crippen LogP contribution in [0, 0.1) is 17.7 Å². The minimum atomic E-state index is -0.261. The van der Waals surface area contributed by atoms with Gasteiger partial charge in [-0.25, -0.2) is 9.37 Å². The minimum absolute atomic E-state index is 0.165. The van der Waals surface area contributed by atoms with Crippen LogP contribution >= 0.6 is 11.8 Å². The molecule has 6 heteroatoms. The van der Waals surface area contributed by atoms with E-state index in [1.165, 1.54) is 30.3 Å². The van der Waals surface area contributed by atoms with E-state index in [0.717, 1.165) is 24.3 Å². The number of nitrogens with one attached hydrogen (secondary N) is 1. The molecule has 4 nitrogen and oxygen atoms in total. The fourth-order valence-electron chi connectivity index (χ4n) is 3.24. The second-order valence-corrected chi connectivity index (χ2v) is 7.61. The van der Waals surface area contributed by atoms with E-state index in [1.807, 2.05) is 4.90 Å². The number of nitrogens with zero attached hydrogens (tertiary/aromatic N) is 2. The van der Waals surface area contributed by atoms with Gasteiger partial charge in [-0.1, -0.05) is 25.6 Å². The number of H-pyrrole nitrogens is 1. The Balaban J connectivity index is 1.57. The number of aromatic nitrogens is 2. The molecule has 0 bridgehead atoms. The minimum Gasteiger partial charge on any atom is -0.341 e. The predicted octanol–water partition coefficient (Wildman–Crippen LogP) is 3.81. The Labute approximate surface area is 145 Å². The average Bonchev–Trinajstić information content (AvgIpc) is 3.01. The van der Waals surface area contributed by atoms with Crippen LogP contribution in [0.3, 0.4) is 0 Å². The van der Waals surface area contributed by atoms with Gasteiger partial charge in [0.2, 0.25) is 5.91 Å². The van der Waals surface area contributed by atoms with Gasteiger partial charge < -0.3 is 9.88 Å². The van der Waals surface area contributed by atoms with Crippen LogP contribution < -0.4 is 0 Å². The Kier molecular flexibility index (Phi) is 5.23. The maximum absolute atomic E-state index is 13.0. The summed E-state index contributed by atoms with van der Waals surface area (Å²) in [6, 6.07) is 6.26. The molecule has 0 radical (unpaired) electrons. The van der Waals surface area contributed by atoms with Crippen molar-refractivity contribution in [3.05, 3.63) is 36.3 Å². The number of thioether (sulfide) groups is 1.